The number of rotatable bonds is 6. The summed E-state index contributed by atoms with van der Waals surface area (Å²) in [6.07, 6.45) is 1.49. The van der Waals surface area contributed by atoms with Crippen LogP contribution in [0, 0.1) is 0 Å². The minimum Gasteiger partial charge on any atom is -0.550 e. The summed E-state index contributed by atoms with van der Waals surface area (Å²) in [5.74, 6) is -1.56. The Morgan fingerprint density at radius 2 is 1.71 bits per heavy atom. The summed E-state index contributed by atoms with van der Waals surface area (Å²) in [5.41, 5.74) is 6.73. The molecule has 0 spiro atoms. The van der Waals surface area contributed by atoms with Gasteiger partial charge in [0.05, 0.1) is 11.7 Å². The standard InChI is InChI=1S/C21H22ClN3O3/c1-24(2)17-9-5-15(6-10-17)19-13-18(14-3-7-16(22)8-4-14)23-25(19)20(26)11-12-21(27)28/h3-10,13,19,23H,11-12H2,1-2H3,(H,27,28)/p-1/t19-/m0/s1. The van der Waals surface area contributed by atoms with Crippen molar-refractivity contribution < 1.29 is 14.7 Å². The number of carbonyl (C=O) groups is 2. The molecule has 2 aromatic rings. The van der Waals surface area contributed by atoms with Crippen LogP contribution in [0.1, 0.15) is 30.0 Å². The summed E-state index contributed by atoms with van der Waals surface area (Å²) in [5, 5.41) is 12.9. The van der Waals surface area contributed by atoms with Crippen LogP contribution in [0.3, 0.4) is 0 Å². The van der Waals surface area contributed by atoms with Crippen molar-refractivity contribution >= 4 is 34.9 Å². The number of hydrazine groups is 1. The molecule has 7 heteroatoms. The molecular weight excluding hydrogens is 378 g/mol. The zero-order valence-corrected chi connectivity index (χ0v) is 16.4. The molecule has 0 unspecified atom stereocenters. The summed E-state index contributed by atoms with van der Waals surface area (Å²) in [7, 11) is 3.92. The molecule has 28 heavy (non-hydrogen) atoms. The third-order valence-electron chi connectivity index (χ3n) is 4.56. The molecule has 2 aromatic carbocycles. The molecule has 1 aliphatic rings. The quantitative estimate of drug-likeness (QED) is 0.808. The van der Waals surface area contributed by atoms with E-state index >= 15 is 0 Å². The number of nitrogens with one attached hydrogen (secondary N) is 1. The average Bonchev–Trinajstić information content (AvgIpc) is 3.12. The van der Waals surface area contributed by atoms with Gasteiger partial charge in [-0.25, -0.2) is 5.01 Å². The third-order valence-corrected chi connectivity index (χ3v) is 4.81. The largest absolute Gasteiger partial charge is 0.550 e. The van der Waals surface area contributed by atoms with E-state index in [9.17, 15) is 14.7 Å². The van der Waals surface area contributed by atoms with Gasteiger partial charge in [-0.1, -0.05) is 35.9 Å². The van der Waals surface area contributed by atoms with Crippen molar-refractivity contribution in [3.63, 3.8) is 0 Å². The smallest absolute Gasteiger partial charge is 0.242 e. The fourth-order valence-electron chi connectivity index (χ4n) is 3.02. The lowest BCUT2D eigenvalue weighted by Crippen LogP contribution is -2.40. The van der Waals surface area contributed by atoms with Crippen LogP contribution in [-0.2, 0) is 9.59 Å². The van der Waals surface area contributed by atoms with Gasteiger partial charge in [0, 0.05) is 37.2 Å². The number of halogens is 1. The van der Waals surface area contributed by atoms with E-state index in [2.05, 4.69) is 5.43 Å². The topological polar surface area (TPSA) is 75.7 Å². The van der Waals surface area contributed by atoms with Gasteiger partial charge in [-0.3, -0.25) is 10.2 Å². The van der Waals surface area contributed by atoms with Gasteiger partial charge in [0.25, 0.3) is 0 Å². The van der Waals surface area contributed by atoms with E-state index in [1.807, 2.05) is 61.5 Å². The van der Waals surface area contributed by atoms with Crippen molar-refractivity contribution in [3.8, 4) is 0 Å². The SMILES string of the molecule is CN(C)c1ccc([C@@H]2C=C(c3ccc(Cl)cc3)NN2C(=O)CCC(=O)[O-])cc1. The average molecular weight is 399 g/mol. The number of amides is 1. The van der Waals surface area contributed by atoms with Gasteiger partial charge >= 0.3 is 0 Å². The van der Waals surface area contributed by atoms with Crippen molar-refractivity contribution in [2.75, 3.05) is 19.0 Å². The van der Waals surface area contributed by atoms with Crippen LogP contribution in [-0.4, -0.2) is 31.0 Å². The Bertz CT molecular complexity index is 892. The van der Waals surface area contributed by atoms with Crippen LogP contribution in [0.15, 0.2) is 54.6 Å². The molecular formula is C21H21ClN3O3-. The Morgan fingerprint density at radius 1 is 1.07 bits per heavy atom. The van der Waals surface area contributed by atoms with Crippen LogP contribution in [0.4, 0.5) is 5.69 Å². The normalized spacial score (nSPS) is 15.8. The zero-order valence-electron chi connectivity index (χ0n) is 15.7. The van der Waals surface area contributed by atoms with E-state index in [4.69, 9.17) is 11.6 Å². The molecule has 1 N–H and O–H groups in total. The van der Waals surface area contributed by atoms with E-state index < -0.39 is 5.97 Å². The van der Waals surface area contributed by atoms with Crippen molar-refractivity contribution in [1.29, 1.82) is 0 Å². The van der Waals surface area contributed by atoms with Gasteiger partial charge in [-0.2, -0.15) is 0 Å². The number of hydrogen-bond donors (Lipinski definition) is 1. The summed E-state index contributed by atoms with van der Waals surface area (Å²) in [4.78, 5) is 25.4. The predicted molar refractivity (Wildman–Crippen MR) is 107 cm³/mol. The number of carboxylic acid groups (broad SMARTS) is 1. The van der Waals surface area contributed by atoms with Crippen LogP contribution in [0.2, 0.25) is 5.02 Å². The molecule has 0 saturated carbocycles. The van der Waals surface area contributed by atoms with Crippen molar-refractivity contribution in [2.24, 2.45) is 0 Å². The van der Waals surface area contributed by atoms with E-state index in [1.165, 1.54) is 5.01 Å². The first-order chi connectivity index (χ1) is 13.3. The van der Waals surface area contributed by atoms with Crippen LogP contribution in [0.25, 0.3) is 5.70 Å². The molecule has 0 bridgehead atoms. The number of hydrogen-bond acceptors (Lipinski definition) is 5. The molecule has 0 aromatic heterocycles. The molecule has 3 rings (SSSR count). The Kier molecular flexibility index (Phi) is 5.90. The second-order valence-corrected chi connectivity index (χ2v) is 7.20. The Balaban J connectivity index is 1.90. The molecule has 6 nitrogen and oxygen atoms in total. The summed E-state index contributed by atoms with van der Waals surface area (Å²) < 4.78 is 0. The molecule has 0 radical (unpaired) electrons. The fraction of sp³-hybridized carbons (Fsp3) is 0.238. The summed E-state index contributed by atoms with van der Waals surface area (Å²) >= 11 is 5.96. The van der Waals surface area contributed by atoms with Gasteiger partial charge < -0.3 is 14.8 Å². The minimum atomic E-state index is -1.25. The zero-order chi connectivity index (χ0) is 20.3. The first kappa shape index (κ1) is 19.8. The Hall–Kier alpha value is -2.99. The molecule has 1 amide bonds. The number of aliphatic carboxylic acids is 1. The van der Waals surface area contributed by atoms with Crippen molar-refractivity contribution in [3.05, 3.63) is 70.8 Å². The second kappa shape index (κ2) is 8.35. The van der Waals surface area contributed by atoms with Crippen LogP contribution in [0.5, 0.6) is 0 Å². The molecule has 1 aliphatic heterocycles. The van der Waals surface area contributed by atoms with Gasteiger partial charge in [0.15, 0.2) is 0 Å². The third kappa shape index (κ3) is 4.46. The van der Waals surface area contributed by atoms with Crippen LogP contribution >= 0.6 is 11.6 Å². The molecule has 0 saturated heterocycles. The highest BCUT2D eigenvalue weighted by Gasteiger charge is 2.30. The number of nitrogens with zero attached hydrogens (tertiary/aromatic N) is 2. The van der Waals surface area contributed by atoms with E-state index in [-0.39, 0.29) is 24.8 Å². The number of carbonyl (C=O) groups excluding carboxylic acids is 2. The summed E-state index contributed by atoms with van der Waals surface area (Å²) in [6.45, 7) is 0. The highest BCUT2D eigenvalue weighted by molar-refractivity contribution is 6.30. The number of anilines is 1. The second-order valence-electron chi connectivity index (χ2n) is 6.77. The highest BCUT2D eigenvalue weighted by Crippen LogP contribution is 2.33. The Morgan fingerprint density at radius 3 is 2.29 bits per heavy atom. The number of carboxylic acids is 1. The van der Waals surface area contributed by atoms with Gasteiger partial charge in [0.2, 0.25) is 5.91 Å². The van der Waals surface area contributed by atoms with E-state index in [0.717, 1.165) is 22.5 Å². The van der Waals surface area contributed by atoms with Gasteiger partial charge in [-0.15, -0.1) is 0 Å². The van der Waals surface area contributed by atoms with Crippen molar-refractivity contribution in [1.82, 2.24) is 10.4 Å². The monoisotopic (exact) mass is 398 g/mol. The minimum absolute atomic E-state index is 0.136. The Labute approximate surface area is 169 Å². The molecule has 0 aliphatic carbocycles. The lowest BCUT2D eigenvalue weighted by Gasteiger charge is -2.26. The molecule has 1 heterocycles. The van der Waals surface area contributed by atoms with E-state index in [0.29, 0.717) is 5.02 Å². The van der Waals surface area contributed by atoms with Gasteiger partial charge in [0.1, 0.15) is 0 Å². The molecule has 146 valence electrons. The predicted octanol–water partition coefficient (Wildman–Crippen LogP) is 2.37. The van der Waals surface area contributed by atoms with Gasteiger partial charge in [-0.05, 0) is 47.9 Å². The number of benzene rings is 2. The lowest BCUT2D eigenvalue weighted by atomic mass is 10.0. The first-order valence-corrected chi connectivity index (χ1v) is 9.26. The van der Waals surface area contributed by atoms with Crippen LogP contribution < -0.4 is 15.4 Å². The van der Waals surface area contributed by atoms with Crippen molar-refractivity contribution in [2.45, 2.75) is 18.9 Å². The van der Waals surface area contributed by atoms with E-state index in [1.54, 1.807) is 12.1 Å². The molecule has 1 atom stereocenters. The first-order valence-electron chi connectivity index (χ1n) is 8.89. The lowest BCUT2D eigenvalue weighted by molar-refractivity contribution is -0.305. The maximum absolute atomic E-state index is 12.6. The molecule has 0 fully saturated rings. The maximum Gasteiger partial charge on any atom is 0.242 e. The maximum atomic E-state index is 12.6. The highest BCUT2D eigenvalue weighted by atomic mass is 35.5. The summed E-state index contributed by atoms with van der Waals surface area (Å²) in [6, 6.07) is 14.8. The fourth-order valence-corrected chi connectivity index (χ4v) is 3.15.